The van der Waals surface area contributed by atoms with Gasteiger partial charge in [-0.05, 0) is 42.5 Å². The van der Waals surface area contributed by atoms with Crippen molar-refractivity contribution in [1.29, 1.82) is 5.26 Å². The first kappa shape index (κ1) is 19.1. The summed E-state index contributed by atoms with van der Waals surface area (Å²) < 4.78 is 0. The molecule has 140 valence electrons. The first-order chi connectivity index (χ1) is 13.2. The fourth-order valence-electron chi connectivity index (χ4n) is 3.78. The minimum Gasteiger partial charge on any atom is -0.342 e. The molecule has 1 unspecified atom stereocenters. The van der Waals surface area contributed by atoms with Gasteiger partial charge in [-0.25, -0.2) is 0 Å². The standard InChI is InChI=1S/C23H27N3O/c1-2-22(20-9-4-3-5-10-20)23(27)26-13-11-21(12-14-26)25-17-19-8-6-7-18(15-19)16-24/h3-10,15,21-22,25H,2,11-14,17H2,1H3. The van der Waals surface area contributed by atoms with E-state index in [1.165, 1.54) is 0 Å². The number of rotatable bonds is 6. The van der Waals surface area contributed by atoms with Crippen LogP contribution in [0.2, 0.25) is 0 Å². The molecule has 0 saturated carbocycles. The van der Waals surface area contributed by atoms with E-state index >= 15 is 0 Å². The average molecular weight is 361 g/mol. The maximum Gasteiger partial charge on any atom is 0.230 e. The van der Waals surface area contributed by atoms with Gasteiger partial charge < -0.3 is 10.2 Å². The molecule has 3 rings (SSSR count). The van der Waals surface area contributed by atoms with Crippen LogP contribution in [-0.2, 0) is 11.3 Å². The van der Waals surface area contributed by atoms with Gasteiger partial charge >= 0.3 is 0 Å². The molecule has 0 bridgehead atoms. The highest BCUT2D eigenvalue weighted by Crippen LogP contribution is 2.24. The van der Waals surface area contributed by atoms with Gasteiger partial charge in [-0.2, -0.15) is 5.26 Å². The van der Waals surface area contributed by atoms with Gasteiger partial charge in [0, 0.05) is 25.7 Å². The second-order valence-electron chi connectivity index (χ2n) is 7.16. The first-order valence-corrected chi connectivity index (χ1v) is 9.77. The summed E-state index contributed by atoms with van der Waals surface area (Å²) >= 11 is 0. The fourth-order valence-corrected chi connectivity index (χ4v) is 3.78. The lowest BCUT2D eigenvalue weighted by Crippen LogP contribution is -2.46. The second kappa shape index (κ2) is 9.34. The number of piperidine rings is 1. The van der Waals surface area contributed by atoms with E-state index in [1.807, 2.05) is 47.4 Å². The Morgan fingerprint density at radius 3 is 2.59 bits per heavy atom. The molecule has 1 atom stereocenters. The lowest BCUT2D eigenvalue weighted by Gasteiger charge is -2.34. The van der Waals surface area contributed by atoms with E-state index in [-0.39, 0.29) is 11.8 Å². The van der Waals surface area contributed by atoms with Crippen molar-refractivity contribution in [3.63, 3.8) is 0 Å². The van der Waals surface area contributed by atoms with Gasteiger partial charge in [0.05, 0.1) is 17.6 Å². The van der Waals surface area contributed by atoms with Crippen molar-refractivity contribution in [3.05, 3.63) is 71.3 Å². The van der Waals surface area contributed by atoms with Crippen molar-refractivity contribution in [2.45, 2.75) is 44.7 Å². The largest absolute Gasteiger partial charge is 0.342 e. The van der Waals surface area contributed by atoms with Crippen molar-refractivity contribution in [2.24, 2.45) is 0 Å². The highest BCUT2D eigenvalue weighted by molar-refractivity contribution is 5.83. The van der Waals surface area contributed by atoms with Crippen LogP contribution in [0.15, 0.2) is 54.6 Å². The number of nitrogens with zero attached hydrogens (tertiary/aromatic N) is 2. The van der Waals surface area contributed by atoms with E-state index in [9.17, 15) is 4.79 Å². The molecule has 1 heterocycles. The van der Waals surface area contributed by atoms with Gasteiger partial charge in [0.2, 0.25) is 5.91 Å². The minimum absolute atomic E-state index is 0.0376. The smallest absolute Gasteiger partial charge is 0.230 e. The van der Waals surface area contributed by atoms with Crippen molar-refractivity contribution < 1.29 is 4.79 Å². The molecule has 1 aliphatic heterocycles. The van der Waals surface area contributed by atoms with Crippen molar-refractivity contribution in [1.82, 2.24) is 10.2 Å². The van der Waals surface area contributed by atoms with Crippen LogP contribution in [0.4, 0.5) is 0 Å². The zero-order valence-corrected chi connectivity index (χ0v) is 15.9. The van der Waals surface area contributed by atoms with Crippen molar-refractivity contribution in [3.8, 4) is 6.07 Å². The Labute approximate surface area is 161 Å². The predicted octanol–water partition coefficient (Wildman–Crippen LogP) is 3.83. The van der Waals surface area contributed by atoms with E-state index in [2.05, 4.69) is 30.4 Å². The molecule has 0 aromatic heterocycles. The lowest BCUT2D eigenvalue weighted by atomic mass is 9.93. The number of carbonyl (C=O) groups excluding carboxylic acids is 1. The van der Waals surface area contributed by atoms with Crippen LogP contribution in [0.3, 0.4) is 0 Å². The highest BCUT2D eigenvalue weighted by Gasteiger charge is 2.28. The fraction of sp³-hybridized carbons (Fsp3) is 0.391. The molecular formula is C23H27N3O. The van der Waals surface area contributed by atoms with E-state index < -0.39 is 0 Å². The maximum absolute atomic E-state index is 13.0. The van der Waals surface area contributed by atoms with E-state index in [1.54, 1.807) is 0 Å². The SMILES string of the molecule is CCC(C(=O)N1CCC(NCc2cccc(C#N)c2)CC1)c1ccccc1. The summed E-state index contributed by atoms with van der Waals surface area (Å²) in [7, 11) is 0. The molecule has 2 aromatic rings. The molecule has 0 radical (unpaired) electrons. The number of likely N-dealkylation sites (tertiary alicyclic amines) is 1. The summed E-state index contributed by atoms with van der Waals surface area (Å²) in [6, 6.07) is 20.4. The Morgan fingerprint density at radius 1 is 1.19 bits per heavy atom. The third-order valence-electron chi connectivity index (χ3n) is 5.37. The molecule has 1 saturated heterocycles. The molecule has 4 heteroatoms. The van der Waals surface area contributed by atoms with Gasteiger partial charge in [0.1, 0.15) is 0 Å². The number of benzene rings is 2. The second-order valence-corrected chi connectivity index (χ2v) is 7.16. The average Bonchev–Trinajstić information content (AvgIpc) is 2.74. The molecule has 2 aromatic carbocycles. The Bertz CT molecular complexity index is 789. The van der Waals surface area contributed by atoms with Crippen molar-refractivity contribution in [2.75, 3.05) is 13.1 Å². The Kier molecular flexibility index (Phi) is 6.62. The molecule has 4 nitrogen and oxygen atoms in total. The first-order valence-electron chi connectivity index (χ1n) is 9.77. The van der Waals surface area contributed by atoms with Crippen LogP contribution in [0.1, 0.15) is 48.8 Å². The van der Waals surface area contributed by atoms with E-state index in [0.717, 1.165) is 50.0 Å². The number of amides is 1. The minimum atomic E-state index is -0.0376. The van der Waals surface area contributed by atoms with E-state index in [0.29, 0.717) is 11.6 Å². The molecule has 1 fully saturated rings. The molecule has 0 aliphatic carbocycles. The van der Waals surface area contributed by atoms with Crippen molar-refractivity contribution >= 4 is 5.91 Å². The van der Waals surface area contributed by atoms with Gasteiger partial charge in [-0.15, -0.1) is 0 Å². The summed E-state index contributed by atoms with van der Waals surface area (Å²) in [4.78, 5) is 15.0. The lowest BCUT2D eigenvalue weighted by molar-refractivity contribution is -0.134. The zero-order chi connectivity index (χ0) is 19.1. The van der Waals surface area contributed by atoms with Crippen LogP contribution in [0.5, 0.6) is 0 Å². The summed E-state index contributed by atoms with van der Waals surface area (Å²) in [5.74, 6) is 0.216. The molecule has 0 spiro atoms. The number of hydrogen-bond donors (Lipinski definition) is 1. The Balaban J connectivity index is 1.51. The Morgan fingerprint density at radius 2 is 1.93 bits per heavy atom. The summed E-state index contributed by atoms with van der Waals surface area (Å²) in [5, 5.41) is 12.6. The van der Waals surface area contributed by atoms with Gasteiger partial charge in [0.25, 0.3) is 0 Å². The van der Waals surface area contributed by atoms with E-state index in [4.69, 9.17) is 5.26 Å². The summed E-state index contributed by atoms with van der Waals surface area (Å²) in [6.07, 6.45) is 2.76. The molecule has 27 heavy (non-hydrogen) atoms. The summed E-state index contributed by atoms with van der Waals surface area (Å²) in [6.45, 7) is 4.45. The van der Waals surface area contributed by atoms with Crippen LogP contribution < -0.4 is 5.32 Å². The predicted molar refractivity (Wildman–Crippen MR) is 107 cm³/mol. The third kappa shape index (κ3) is 4.96. The topological polar surface area (TPSA) is 56.1 Å². The van der Waals surface area contributed by atoms with Crippen LogP contribution in [-0.4, -0.2) is 29.9 Å². The quantitative estimate of drug-likeness (QED) is 0.851. The molecule has 1 N–H and O–H groups in total. The molecule has 1 amide bonds. The highest BCUT2D eigenvalue weighted by atomic mass is 16.2. The normalized spacial score (nSPS) is 15.9. The van der Waals surface area contributed by atoms with Crippen LogP contribution in [0, 0.1) is 11.3 Å². The Hall–Kier alpha value is -2.64. The number of hydrogen-bond acceptors (Lipinski definition) is 3. The number of nitrogens with one attached hydrogen (secondary N) is 1. The van der Waals surface area contributed by atoms with Crippen LogP contribution >= 0.6 is 0 Å². The van der Waals surface area contributed by atoms with Gasteiger partial charge in [-0.1, -0.05) is 49.4 Å². The molecule has 1 aliphatic rings. The third-order valence-corrected chi connectivity index (χ3v) is 5.37. The van der Waals surface area contributed by atoms with Gasteiger partial charge in [-0.3, -0.25) is 4.79 Å². The van der Waals surface area contributed by atoms with Gasteiger partial charge in [0.15, 0.2) is 0 Å². The maximum atomic E-state index is 13.0. The zero-order valence-electron chi connectivity index (χ0n) is 15.9. The summed E-state index contributed by atoms with van der Waals surface area (Å²) in [5.41, 5.74) is 2.94. The monoisotopic (exact) mass is 361 g/mol. The number of carbonyl (C=O) groups is 1. The number of nitriles is 1. The van der Waals surface area contributed by atoms with Crippen LogP contribution in [0.25, 0.3) is 0 Å². The molecular weight excluding hydrogens is 334 g/mol.